The second kappa shape index (κ2) is 5.26. The summed E-state index contributed by atoms with van der Waals surface area (Å²) >= 11 is 0. The molecule has 5 nitrogen and oxygen atoms in total. The molecule has 2 unspecified atom stereocenters. The summed E-state index contributed by atoms with van der Waals surface area (Å²) in [6.45, 7) is 4.18. The van der Waals surface area contributed by atoms with Crippen molar-refractivity contribution in [1.29, 1.82) is 0 Å². The monoisotopic (exact) mass is 284 g/mol. The number of fused-ring (bicyclic) bond motifs is 3. The highest BCUT2D eigenvalue weighted by molar-refractivity contribution is 6.01. The molecule has 0 radical (unpaired) electrons. The van der Waals surface area contributed by atoms with Crippen molar-refractivity contribution in [2.45, 2.75) is 25.9 Å². The van der Waals surface area contributed by atoms with Gasteiger partial charge in [-0.15, -0.1) is 0 Å². The van der Waals surface area contributed by atoms with Crippen LogP contribution in [0.25, 0.3) is 12.2 Å². The molecule has 0 saturated carbocycles. The number of anilines is 3. The summed E-state index contributed by atoms with van der Waals surface area (Å²) in [5.74, 6) is -0.190. The topological polar surface area (TPSA) is 79.2 Å². The van der Waals surface area contributed by atoms with Crippen LogP contribution in [0, 0.1) is 0 Å². The molecule has 1 aromatic rings. The van der Waals surface area contributed by atoms with Gasteiger partial charge in [-0.2, -0.15) is 0 Å². The number of benzene rings is 1. The van der Waals surface area contributed by atoms with Crippen LogP contribution < -0.4 is 21.7 Å². The van der Waals surface area contributed by atoms with E-state index in [-0.39, 0.29) is 24.5 Å². The highest BCUT2D eigenvalue weighted by Gasteiger charge is 2.22. The lowest BCUT2D eigenvalue weighted by atomic mass is 9.96. The molecule has 0 spiro atoms. The van der Waals surface area contributed by atoms with Gasteiger partial charge in [-0.25, -0.2) is 0 Å². The predicted octanol–water partition coefficient (Wildman–Crippen LogP) is 2.24. The maximum absolute atomic E-state index is 11.6. The molecule has 0 aliphatic carbocycles. The van der Waals surface area contributed by atoms with Gasteiger partial charge in [0.2, 0.25) is 5.91 Å². The largest absolute Gasteiger partial charge is 0.377 e. The SMILES string of the molecule is CC1C=Cc2cc(NC(=O)CN)c3c(c2N1)NC(C)C=C3. The van der Waals surface area contributed by atoms with Gasteiger partial charge in [0.05, 0.1) is 23.6 Å². The highest BCUT2D eigenvalue weighted by Crippen LogP contribution is 2.41. The van der Waals surface area contributed by atoms with Crippen molar-refractivity contribution >= 4 is 35.1 Å². The quantitative estimate of drug-likeness (QED) is 0.671. The molecule has 0 aromatic heterocycles. The summed E-state index contributed by atoms with van der Waals surface area (Å²) in [5, 5.41) is 9.84. The minimum Gasteiger partial charge on any atom is -0.377 e. The first-order valence-electron chi connectivity index (χ1n) is 7.19. The van der Waals surface area contributed by atoms with Gasteiger partial charge < -0.3 is 21.7 Å². The first-order valence-corrected chi connectivity index (χ1v) is 7.19. The van der Waals surface area contributed by atoms with E-state index in [0.29, 0.717) is 0 Å². The summed E-state index contributed by atoms with van der Waals surface area (Å²) < 4.78 is 0. The second-order valence-electron chi connectivity index (χ2n) is 5.51. The Hall–Kier alpha value is -2.27. The summed E-state index contributed by atoms with van der Waals surface area (Å²) in [5.41, 5.74) is 10.4. The molecule has 21 heavy (non-hydrogen) atoms. The van der Waals surface area contributed by atoms with Crippen LogP contribution in [0.5, 0.6) is 0 Å². The Balaban J connectivity index is 2.13. The maximum Gasteiger partial charge on any atom is 0.238 e. The van der Waals surface area contributed by atoms with E-state index in [0.717, 1.165) is 28.2 Å². The fraction of sp³-hybridized carbons (Fsp3) is 0.312. The predicted molar refractivity (Wildman–Crippen MR) is 88.4 cm³/mol. The average Bonchev–Trinajstić information content (AvgIpc) is 2.47. The lowest BCUT2D eigenvalue weighted by Gasteiger charge is -2.29. The molecule has 2 heterocycles. The molecule has 2 aliphatic heterocycles. The zero-order chi connectivity index (χ0) is 15.0. The number of hydrogen-bond acceptors (Lipinski definition) is 4. The fourth-order valence-electron chi connectivity index (χ4n) is 2.67. The second-order valence-corrected chi connectivity index (χ2v) is 5.51. The number of nitrogens with two attached hydrogens (primary N) is 1. The first kappa shape index (κ1) is 13.7. The van der Waals surface area contributed by atoms with Crippen molar-refractivity contribution in [3.63, 3.8) is 0 Å². The van der Waals surface area contributed by atoms with E-state index in [1.54, 1.807) is 0 Å². The van der Waals surface area contributed by atoms with Crippen LogP contribution in [-0.2, 0) is 4.79 Å². The van der Waals surface area contributed by atoms with Gasteiger partial charge in [-0.3, -0.25) is 4.79 Å². The van der Waals surface area contributed by atoms with Gasteiger partial charge in [0.25, 0.3) is 0 Å². The molecule has 110 valence electrons. The van der Waals surface area contributed by atoms with Crippen LogP contribution in [0.1, 0.15) is 25.0 Å². The van der Waals surface area contributed by atoms with Gasteiger partial charge in [0.1, 0.15) is 0 Å². The van der Waals surface area contributed by atoms with Crippen LogP contribution in [0.15, 0.2) is 18.2 Å². The van der Waals surface area contributed by atoms with Gasteiger partial charge in [-0.05, 0) is 19.9 Å². The van der Waals surface area contributed by atoms with Crippen molar-refractivity contribution in [3.8, 4) is 0 Å². The zero-order valence-corrected chi connectivity index (χ0v) is 12.2. The normalized spacial score (nSPS) is 21.9. The Morgan fingerprint density at radius 3 is 2.57 bits per heavy atom. The molecule has 0 fully saturated rings. The van der Waals surface area contributed by atoms with Crippen molar-refractivity contribution in [2.24, 2.45) is 5.73 Å². The Morgan fingerprint density at radius 1 is 1.19 bits per heavy atom. The number of nitrogens with one attached hydrogen (secondary N) is 3. The summed E-state index contributed by atoms with van der Waals surface area (Å²) in [6.07, 6.45) is 8.31. The van der Waals surface area contributed by atoms with Crippen LogP contribution in [0.4, 0.5) is 17.1 Å². The number of carbonyl (C=O) groups excluding carboxylic acids is 1. The van der Waals surface area contributed by atoms with E-state index in [1.807, 2.05) is 12.1 Å². The number of amides is 1. The van der Waals surface area contributed by atoms with E-state index in [1.165, 1.54) is 0 Å². The van der Waals surface area contributed by atoms with E-state index in [4.69, 9.17) is 5.73 Å². The lowest BCUT2D eigenvalue weighted by molar-refractivity contribution is -0.114. The number of carbonyl (C=O) groups is 1. The van der Waals surface area contributed by atoms with E-state index in [2.05, 4.69) is 48.0 Å². The van der Waals surface area contributed by atoms with E-state index in [9.17, 15) is 4.79 Å². The molecule has 5 heteroatoms. The molecule has 3 rings (SSSR count). The van der Waals surface area contributed by atoms with Gasteiger partial charge in [0, 0.05) is 23.2 Å². The minimum absolute atomic E-state index is 0.0233. The molecule has 0 saturated heterocycles. The standard InChI is InChI=1S/C16H20N4O/c1-9-3-5-11-7-13(20-14(21)8-17)12-6-4-10(2)19-16(12)15(11)18-9/h3-7,9-10,18-19H,8,17H2,1-2H3,(H,20,21). The van der Waals surface area contributed by atoms with E-state index < -0.39 is 0 Å². The molecule has 2 aliphatic rings. The minimum atomic E-state index is -0.190. The Labute approximate surface area is 124 Å². The molecule has 0 bridgehead atoms. The summed E-state index contributed by atoms with van der Waals surface area (Å²) in [6, 6.07) is 2.53. The van der Waals surface area contributed by atoms with Gasteiger partial charge in [0.15, 0.2) is 0 Å². The van der Waals surface area contributed by atoms with Crippen LogP contribution in [0.2, 0.25) is 0 Å². The maximum atomic E-state index is 11.6. The molecule has 1 amide bonds. The third-order valence-corrected chi connectivity index (χ3v) is 3.72. The molecule has 2 atom stereocenters. The Morgan fingerprint density at radius 2 is 1.86 bits per heavy atom. The summed E-state index contributed by atoms with van der Waals surface area (Å²) in [4.78, 5) is 11.6. The highest BCUT2D eigenvalue weighted by atomic mass is 16.1. The van der Waals surface area contributed by atoms with Crippen LogP contribution >= 0.6 is 0 Å². The Kier molecular flexibility index (Phi) is 3.43. The number of rotatable bonds is 2. The van der Waals surface area contributed by atoms with Crippen molar-refractivity contribution in [1.82, 2.24) is 0 Å². The van der Waals surface area contributed by atoms with Crippen LogP contribution in [-0.4, -0.2) is 24.5 Å². The smallest absolute Gasteiger partial charge is 0.238 e. The summed E-state index contributed by atoms with van der Waals surface area (Å²) in [7, 11) is 0. The lowest BCUT2D eigenvalue weighted by Crippen LogP contribution is -2.25. The van der Waals surface area contributed by atoms with Crippen molar-refractivity contribution in [3.05, 3.63) is 29.3 Å². The van der Waals surface area contributed by atoms with Crippen molar-refractivity contribution in [2.75, 3.05) is 22.5 Å². The fourth-order valence-corrected chi connectivity index (χ4v) is 2.67. The third-order valence-electron chi connectivity index (χ3n) is 3.72. The van der Waals surface area contributed by atoms with Gasteiger partial charge in [-0.1, -0.05) is 24.3 Å². The average molecular weight is 284 g/mol. The van der Waals surface area contributed by atoms with E-state index >= 15 is 0 Å². The zero-order valence-electron chi connectivity index (χ0n) is 12.2. The van der Waals surface area contributed by atoms with Crippen LogP contribution in [0.3, 0.4) is 0 Å². The molecular weight excluding hydrogens is 264 g/mol. The molecule has 1 aromatic carbocycles. The Bertz CT molecular complexity index is 648. The molecule has 5 N–H and O–H groups in total. The third kappa shape index (κ3) is 2.52. The van der Waals surface area contributed by atoms with Gasteiger partial charge >= 0.3 is 0 Å². The molecular formula is C16H20N4O. The van der Waals surface area contributed by atoms with Crippen molar-refractivity contribution < 1.29 is 4.79 Å². The number of hydrogen-bond donors (Lipinski definition) is 4. The first-order chi connectivity index (χ1) is 10.1.